The van der Waals surface area contributed by atoms with Gasteiger partial charge in [0, 0.05) is 0 Å². The SMILES string of the molecule is CC(CC1CCCC1)=C(C)C(C)=C(C)c1cc(C(C)(C)C)cc(C(C)(C)C)c1[O][Zr+2].[Cl-].[Cl-]. The molecule has 0 radical (unpaired) electrons. The zero-order chi connectivity index (χ0) is 22.9. The van der Waals surface area contributed by atoms with Crippen LogP contribution in [0.2, 0.25) is 0 Å². The third kappa shape index (κ3) is 7.75. The molecule has 1 aliphatic carbocycles. The predicted octanol–water partition coefficient (Wildman–Crippen LogP) is 2.84. The Balaban J connectivity index is 0.00000480. The molecule has 1 nitrogen and oxygen atoms in total. The molecule has 179 valence electrons. The molecule has 0 bridgehead atoms. The van der Waals surface area contributed by atoms with Gasteiger partial charge in [0.15, 0.2) is 0 Å². The molecule has 0 amide bonds. The van der Waals surface area contributed by atoms with Gasteiger partial charge in [-0.2, -0.15) is 0 Å². The van der Waals surface area contributed by atoms with Crippen LogP contribution in [0.25, 0.3) is 5.57 Å². The number of hydrogen-bond acceptors (Lipinski definition) is 1. The first-order valence-corrected chi connectivity index (χ1v) is 12.6. The van der Waals surface area contributed by atoms with E-state index in [0.29, 0.717) is 0 Å². The van der Waals surface area contributed by atoms with Gasteiger partial charge in [0.05, 0.1) is 0 Å². The molecule has 0 aliphatic heterocycles. The molecule has 1 aromatic rings. The van der Waals surface area contributed by atoms with Crippen LogP contribution in [-0.4, -0.2) is 0 Å². The van der Waals surface area contributed by atoms with Crippen LogP contribution in [0, 0.1) is 5.92 Å². The van der Waals surface area contributed by atoms with Crippen molar-refractivity contribution in [2.24, 2.45) is 5.92 Å². The van der Waals surface area contributed by atoms with Gasteiger partial charge < -0.3 is 24.8 Å². The quantitative estimate of drug-likeness (QED) is 0.506. The van der Waals surface area contributed by atoms with Gasteiger partial charge >= 0.3 is 203 Å². The monoisotopic (exact) mass is 555 g/mol. The van der Waals surface area contributed by atoms with Crippen LogP contribution in [0.5, 0.6) is 5.75 Å². The Kier molecular flexibility index (Phi) is 12.6. The molecule has 4 heteroatoms. The van der Waals surface area contributed by atoms with Gasteiger partial charge in [-0.15, -0.1) is 0 Å². The van der Waals surface area contributed by atoms with Gasteiger partial charge in [-0.25, -0.2) is 0 Å². The maximum atomic E-state index is 6.13. The summed E-state index contributed by atoms with van der Waals surface area (Å²) in [6.45, 7) is 23.0. The van der Waals surface area contributed by atoms with Crippen LogP contribution in [-0.2, 0) is 36.0 Å². The molecule has 0 heterocycles. The first-order chi connectivity index (χ1) is 13.8. The Bertz CT molecular complexity index is 832. The number of benzene rings is 1. The van der Waals surface area contributed by atoms with E-state index in [2.05, 4.69) is 81.4 Å². The van der Waals surface area contributed by atoms with Crippen LogP contribution < -0.4 is 27.6 Å². The molecule has 32 heavy (non-hydrogen) atoms. The number of halogens is 2. The van der Waals surface area contributed by atoms with E-state index in [-0.39, 0.29) is 35.6 Å². The van der Waals surface area contributed by atoms with Crippen molar-refractivity contribution in [2.45, 2.75) is 112 Å². The molecule has 1 aliphatic rings. The smallest absolute Gasteiger partial charge is 1.00 e. The van der Waals surface area contributed by atoms with Gasteiger partial charge in [0.25, 0.3) is 0 Å². The number of allylic oxidation sites excluding steroid dienone is 4. The summed E-state index contributed by atoms with van der Waals surface area (Å²) in [5.41, 5.74) is 9.91. The Morgan fingerprint density at radius 2 is 1.41 bits per heavy atom. The van der Waals surface area contributed by atoms with Crippen LogP contribution in [0.3, 0.4) is 0 Å². The van der Waals surface area contributed by atoms with Gasteiger partial charge in [-0.3, -0.25) is 0 Å². The maximum Gasteiger partial charge on any atom is -1.00 e. The molecule has 1 aromatic carbocycles. The Hall–Kier alpha value is -0.0369. The van der Waals surface area contributed by atoms with Crippen molar-refractivity contribution in [1.82, 2.24) is 0 Å². The summed E-state index contributed by atoms with van der Waals surface area (Å²) >= 11 is 1.09. The second-order valence-electron chi connectivity index (χ2n) is 11.5. The summed E-state index contributed by atoms with van der Waals surface area (Å²) in [5, 5.41) is 0. The van der Waals surface area contributed by atoms with Crippen LogP contribution in [0.1, 0.15) is 118 Å². The molecule has 0 unspecified atom stereocenters. The summed E-state index contributed by atoms with van der Waals surface area (Å²) in [7, 11) is 0. The normalized spacial score (nSPS) is 16.6. The van der Waals surface area contributed by atoms with Crippen molar-refractivity contribution in [3.8, 4) is 5.75 Å². The summed E-state index contributed by atoms with van der Waals surface area (Å²) in [5.74, 6) is 1.97. The summed E-state index contributed by atoms with van der Waals surface area (Å²) in [6, 6.07) is 4.76. The first-order valence-electron chi connectivity index (χ1n) is 11.6. The minimum absolute atomic E-state index is 0. The first kappa shape index (κ1) is 32.0. The fourth-order valence-corrected chi connectivity index (χ4v) is 5.15. The Morgan fingerprint density at radius 3 is 1.84 bits per heavy atom. The molecule has 0 saturated heterocycles. The van der Waals surface area contributed by atoms with Gasteiger partial charge in [-0.1, -0.05) is 0 Å². The van der Waals surface area contributed by atoms with Crippen molar-refractivity contribution < 1.29 is 52.8 Å². The van der Waals surface area contributed by atoms with Crippen molar-refractivity contribution in [1.29, 1.82) is 0 Å². The molecular formula is C28H43Cl2OZr. The fraction of sp³-hybridized carbons (Fsp3) is 0.643. The van der Waals surface area contributed by atoms with E-state index in [1.165, 1.54) is 65.5 Å². The van der Waals surface area contributed by atoms with E-state index in [1.54, 1.807) is 5.57 Å². The van der Waals surface area contributed by atoms with E-state index >= 15 is 0 Å². The molecule has 1 fully saturated rings. The average Bonchev–Trinajstić information content (AvgIpc) is 3.16. The summed E-state index contributed by atoms with van der Waals surface area (Å²) in [4.78, 5) is 0. The Labute approximate surface area is 226 Å². The summed E-state index contributed by atoms with van der Waals surface area (Å²) in [6.07, 6.45) is 6.91. The van der Waals surface area contributed by atoms with Crippen LogP contribution in [0.15, 0.2) is 28.9 Å². The molecule has 2 rings (SSSR count). The van der Waals surface area contributed by atoms with Crippen LogP contribution in [0.4, 0.5) is 0 Å². The van der Waals surface area contributed by atoms with Crippen molar-refractivity contribution in [2.75, 3.05) is 0 Å². The zero-order valence-electron chi connectivity index (χ0n) is 21.9. The van der Waals surface area contributed by atoms with E-state index < -0.39 is 0 Å². The van der Waals surface area contributed by atoms with Gasteiger partial charge in [0.2, 0.25) is 0 Å². The standard InChI is InChI=1S/C28H44O.2ClH.Zr/c1-18(15-22-13-11-12-14-22)19(2)20(3)21(4)24-16-23(27(5,6)7)17-25(26(24)29)28(8,9)10;;;/h16-17,22,29H,11-15H2,1-10H3;2*1H;/q;;;+3/p-3. The molecule has 0 atom stereocenters. The van der Waals surface area contributed by atoms with Gasteiger partial charge in [0.1, 0.15) is 0 Å². The third-order valence-corrected chi connectivity index (χ3v) is 7.61. The topological polar surface area (TPSA) is 9.23 Å². The second kappa shape index (κ2) is 12.6. The molecule has 1 saturated carbocycles. The minimum atomic E-state index is 0. The fourth-order valence-electron chi connectivity index (χ4n) is 4.61. The van der Waals surface area contributed by atoms with E-state index in [0.717, 1.165) is 36.8 Å². The number of rotatable bonds is 5. The third-order valence-electron chi connectivity index (χ3n) is 7.10. The molecular weight excluding hydrogens is 514 g/mol. The second-order valence-corrected chi connectivity index (χ2v) is 12.0. The van der Waals surface area contributed by atoms with Crippen molar-refractivity contribution >= 4 is 5.57 Å². The maximum absolute atomic E-state index is 6.13. The Morgan fingerprint density at radius 1 is 0.875 bits per heavy atom. The average molecular weight is 558 g/mol. The predicted molar refractivity (Wildman–Crippen MR) is 128 cm³/mol. The minimum Gasteiger partial charge on any atom is -1.00 e. The molecule has 0 aromatic heterocycles. The van der Waals surface area contributed by atoms with Crippen molar-refractivity contribution in [3.63, 3.8) is 0 Å². The van der Waals surface area contributed by atoms with Gasteiger partial charge in [-0.05, 0) is 0 Å². The molecule has 0 N–H and O–H groups in total. The largest absolute Gasteiger partial charge is 1.00 e. The van der Waals surface area contributed by atoms with E-state index in [9.17, 15) is 0 Å². The number of hydrogen-bond donors (Lipinski definition) is 0. The van der Waals surface area contributed by atoms with E-state index in [1.807, 2.05) is 0 Å². The van der Waals surface area contributed by atoms with Crippen LogP contribution >= 0.6 is 0 Å². The summed E-state index contributed by atoms with van der Waals surface area (Å²) < 4.78 is 6.13. The van der Waals surface area contributed by atoms with Crippen molar-refractivity contribution in [3.05, 3.63) is 45.5 Å². The molecule has 0 spiro atoms. The van der Waals surface area contributed by atoms with E-state index in [4.69, 9.17) is 2.81 Å². The zero-order valence-corrected chi connectivity index (χ0v) is 25.9.